The summed E-state index contributed by atoms with van der Waals surface area (Å²) < 4.78 is 143. The average Bonchev–Trinajstić information content (AvgIpc) is 0.770. The number of ether oxygens (including phenoxy) is 20. The largest absolute Gasteiger partial charge is 0.454 e. The van der Waals surface area contributed by atoms with E-state index in [4.69, 9.17) is 94.7 Å². The van der Waals surface area contributed by atoms with Gasteiger partial charge < -0.3 is 100 Å². The van der Waals surface area contributed by atoms with Gasteiger partial charge in [0.05, 0.1) is 103 Å². The maximum Gasteiger partial charge on any atom is 0.303 e. The molecular formula is C95H113NO22. The quantitative estimate of drug-likeness (QED) is 0.0364. The Hall–Kier alpha value is -8.06. The molecule has 0 bridgehead atoms. The fourth-order valence-corrected chi connectivity index (χ4v) is 16.3. The molecule has 6 saturated heterocycles. The number of fused-ring (bicyclic) bond motifs is 1. The van der Waals surface area contributed by atoms with Crippen molar-refractivity contribution >= 4 is 11.9 Å². The molecule has 0 spiro atoms. The van der Waals surface area contributed by atoms with Gasteiger partial charge >= 0.3 is 5.97 Å². The van der Waals surface area contributed by atoms with Gasteiger partial charge in [0.1, 0.15) is 79.4 Å². The number of carbonyl (C=O) groups is 2. The van der Waals surface area contributed by atoms with Crippen LogP contribution in [0, 0.1) is 5.92 Å². The number of carbonyl (C=O) groups excluding carboxylic acids is 2. The van der Waals surface area contributed by atoms with E-state index in [0.29, 0.717) is 0 Å². The standard InChI is InChI=1S/C95H113NO22/c1-60-78(114-92-88(106-57-74-48-32-17-33-49-74)86(105-56-73-46-30-16-31-47-73)82(103-54-71-42-26-14-27-43-71)75(113-92)58-99-50-67-34-18-10-19-35-67)79(100-51-68-36-20-11-21-37-68)62(3)109-91(60)117-89-85(104-55-72-44-28-15-29-45-72)80(101-52-69-38-22-12-23-39-69)63(4)110-93(89)116-87-81(102-53-70-40-24-13-25-41-70)64(5)111-94(90(87)112-66(7)98)115-84-77(96-65(6)97)61(2)108-76-59-107-95(8,9)118-83(76)84/h10-49,60-64,75-94H,50-59H2,1-9H3,(H,96,97)/t60?,61-,62?,63?,64?,75+,76?,77?,78-,79-,80-,81-,82+,83-,84+,85+,86?,87+,88?,89?,90?,91-,92+,93-,94-/m0/s1. The van der Waals surface area contributed by atoms with Crippen molar-refractivity contribution in [3.05, 3.63) is 287 Å². The summed E-state index contributed by atoms with van der Waals surface area (Å²) in [6, 6.07) is 78.5. The topological polar surface area (TPSA) is 231 Å². The molecule has 23 nitrogen and oxygen atoms in total. The first-order chi connectivity index (χ1) is 57.4. The summed E-state index contributed by atoms with van der Waals surface area (Å²) in [5.41, 5.74) is 7.29. The first-order valence-electron chi connectivity index (χ1n) is 41.3. The van der Waals surface area contributed by atoms with Gasteiger partial charge in [0.15, 0.2) is 37.1 Å². The second-order valence-electron chi connectivity index (χ2n) is 31.7. The summed E-state index contributed by atoms with van der Waals surface area (Å²) in [5.74, 6) is -2.89. The van der Waals surface area contributed by atoms with Crippen molar-refractivity contribution in [3.63, 3.8) is 0 Å². The molecule has 1 N–H and O–H groups in total. The predicted octanol–water partition coefficient (Wildman–Crippen LogP) is 13.8. The maximum atomic E-state index is 14.1. The maximum absolute atomic E-state index is 14.1. The fraction of sp³-hybridized carbons (Fsp3) is 0.474. The Bertz CT molecular complexity index is 4290. The third-order valence-electron chi connectivity index (χ3n) is 22.3. The molecule has 14 rings (SSSR count). The van der Waals surface area contributed by atoms with Crippen LogP contribution < -0.4 is 5.32 Å². The number of benzene rings is 8. The van der Waals surface area contributed by atoms with Gasteiger partial charge in [-0.25, -0.2) is 0 Å². The zero-order valence-electron chi connectivity index (χ0n) is 68.6. The molecule has 1 amide bonds. The van der Waals surface area contributed by atoms with E-state index in [1.54, 1.807) is 13.8 Å². The fourth-order valence-electron chi connectivity index (χ4n) is 16.3. The summed E-state index contributed by atoms with van der Waals surface area (Å²) >= 11 is 0. The summed E-state index contributed by atoms with van der Waals surface area (Å²) in [7, 11) is 0. The Kier molecular flexibility index (Phi) is 30.7. The van der Waals surface area contributed by atoms with Crippen LogP contribution in [0.4, 0.5) is 0 Å². The first kappa shape index (κ1) is 86.3. The van der Waals surface area contributed by atoms with Crippen molar-refractivity contribution < 1.29 is 104 Å². The third kappa shape index (κ3) is 22.9. The Balaban J connectivity index is 0.871. The van der Waals surface area contributed by atoms with Crippen LogP contribution in [-0.4, -0.2) is 178 Å². The van der Waals surface area contributed by atoms with Crippen LogP contribution in [0.3, 0.4) is 0 Å². The van der Waals surface area contributed by atoms with Gasteiger partial charge in [0, 0.05) is 19.8 Å². The van der Waals surface area contributed by atoms with Gasteiger partial charge in [-0.05, 0) is 86.1 Å². The molecule has 6 heterocycles. The van der Waals surface area contributed by atoms with Gasteiger partial charge in [0.25, 0.3) is 0 Å². The predicted molar refractivity (Wildman–Crippen MR) is 434 cm³/mol. The van der Waals surface area contributed by atoms with Crippen LogP contribution in [-0.2, 0) is 157 Å². The van der Waals surface area contributed by atoms with E-state index in [9.17, 15) is 9.59 Å². The molecule has 6 fully saturated rings. The number of nitrogens with one attached hydrogen (secondary N) is 1. The molecular weight excluding hydrogens is 1510 g/mol. The molecule has 0 aromatic heterocycles. The average molecular weight is 1620 g/mol. The van der Waals surface area contributed by atoms with Crippen LogP contribution in [0.1, 0.15) is 107 Å². The minimum absolute atomic E-state index is 0.0638. The molecule has 0 saturated carbocycles. The monoisotopic (exact) mass is 1620 g/mol. The van der Waals surface area contributed by atoms with Gasteiger partial charge in [0.2, 0.25) is 5.91 Å². The molecule has 8 aromatic carbocycles. The normalized spacial score (nSPS) is 32.1. The zero-order chi connectivity index (χ0) is 81.9. The van der Waals surface area contributed by atoms with E-state index >= 15 is 0 Å². The number of hydrogen-bond acceptors (Lipinski definition) is 22. The van der Waals surface area contributed by atoms with Crippen LogP contribution >= 0.6 is 0 Å². The van der Waals surface area contributed by atoms with Crippen molar-refractivity contribution in [2.24, 2.45) is 5.92 Å². The van der Waals surface area contributed by atoms with E-state index in [0.717, 1.165) is 44.5 Å². The van der Waals surface area contributed by atoms with E-state index in [-0.39, 0.29) is 72.0 Å². The van der Waals surface area contributed by atoms with E-state index in [1.165, 1.54) is 13.8 Å². The molecule has 8 aromatic rings. The lowest BCUT2D eigenvalue weighted by atomic mass is 9.91. The third-order valence-corrected chi connectivity index (χ3v) is 22.3. The smallest absolute Gasteiger partial charge is 0.303 e. The molecule has 630 valence electrons. The number of esters is 1. The van der Waals surface area contributed by atoms with Crippen molar-refractivity contribution in [3.8, 4) is 0 Å². The zero-order valence-corrected chi connectivity index (χ0v) is 68.6. The number of amides is 1. The number of hydrogen-bond donors (Lipinski definition) is 1. The van der Waals surface area contributed by atoms with E-state index in [1.807, 2.05) is 277 Å². The van der Waals surface area contributed by atoms with Gasteiger partial charge in [-0.1, -0.05) is 250 Å². The Labute approximate surface area is 692 Å². The summed E-state index contributed by atoms with van der Waals surface area (Å²) in [4.78, 5) is 27.4. The lowest BCUT2D eigenvalue weighted by Crippen LogP contribution is -2.70. The minimum Gasteiger partial charge on any atom is -0.454 e. The van der Waals surface area contributed by atoms with Crippen LogP contribution in [0.2, 0.25) is 0 Å². The SMILES string of the molecule is CC(=O)NC1[C@H](C)OC2COC(C)(C)O[C@@H]2[C@@H]1O[C@@H]1OC(C)[C@H](OCc2ccccc2)[C@@H](O[C@@H]2OC(C)[C@H](OCc3ccccc3)[C@@H](OCc3ccccc3)C2O[C@@H]2OC(C)[C@H](OCc3ccccc3)[C@@H](O[C@H]3O[C@H](COCc4ccccc4)[C@@H](OCc4ccccc4)C(OCc4ccccc4)C3OCc3ccccc3)C2C)C1OC(C)=O. The Morgan fingerprint density at radius 3 is 1.10 bits per heavy atom. The van der Waals surface area contributed by atoms with Crippen LogP contribution in [0.5, 0.6) is 0 Å². The molecule has 25 atom stereocenters. The second-order valence-corrected chi connectivity index (χ2v) is 31.7. The Morgan fingerprint density at radius 2 is 0.678 bits per heavy atom. The highest BCUT2D eigenvalue weighted by Gasteiger charge is 2.60. The van der Waals surface area contributed by atoms with Crippen LogP contribution in [0.15, 0.2) is 243 Å². The summed E-state index contributed by atoms with van der Waals surface area (Å²) in [5, 5.41) is 3.08. The highest BCUT2D eigenvalue weighted by molar-refractivity contribution is 5.73. The van der Waals surface area contributed by atoms with Gasteiger partial charge in [-0.3, -0.25) is 9.59 Å². The minimum atomic E-state index is -1.44. The van der Waals surface area contributed by atoms with Gasteiger partial charge in [-0.15, -0.1) is 0 Å². The van der Waals surface area contributed by atoms with Crippen molar-refractivity contribution in [2.75, 3.05) is 13.2 Å². The van der Waals surface area contributed by atoms with Crippen molar-refractivity contribution in [2.45, 2.75) is 268 Å². The second kappa shape index (κ2) is 42.0. The summed E-state index contributed by atoms with van der Waals surface area (Å²) in [6.45, 7) is 17.4. The Morgan fingerprint density at radius 1 is 0.347 bits per heavy atom. The van der Waals surface area contributed by atoms with E-state index in [2.05, 4.69) is 5.32 Å². The molecule has 23 heteroatoms. The first-order valence-corrected chi connectivity index (χ1v) is 41.3. The molecule has 6 aliphatic rings. The highest BCUT2D eigenvalue weighted by Crippen LogP contribution is 2.44. The molecule has 118 heavy (non-hydrogen) atoms. The lowest BCUT2D eigenvalue weighted by molar-refractivity contribution is -0.403. The molecule has 0 radical (unpaired) electrons. The van der Waals surface area contributed by atoms with Crippen LogP contribution in [0.25, 0.3) is 0 Å². The summed E-state index contributed by atoms with van der Waals surface area (Å²) in [6.07, 6.45) is -22.9. The number of rotatable bonds is 35. The van der Waals surface area contributed by atoms with E-state index < -0.39 is 165 Å². The van der Waals surface area contributed by atoms with Crippen molar-refractivity contribution in [1.29, 1.82) is 0 Å². The lowest BCUT2D eigenvalue weighted by Gasteiger charge is -2.53. The molecule has 10 unspecified atom stereocenters. The van der Waals surface area contributed by atoms with Gasteiger partial charge in [-0.2, -0.15) is 0 Å². The van der Waals surface area contributed by atoms with Crippen molar-refractivity contribution in [1.82, 2.24) is 5.32 Å². The highest BCUT2D eigenvalue weighted by atomic mass is 16.8. The molecule has 6 aliphatic heterocycles. The molecule has 0 aliphatic carbocycles.